The number of benzene rings is 2. The molecule has 1 aliphatic carbocycles. The maximum Gasteiger partial charge on any atom is 0.233 e. The number of thioether (sulfide) groups is 1. The van der Waals surface area contributed by atoms with E-state index in [9.17, 15) is 4.79 Å². The van der Waals surface area contributed by atoms with E-state index >= 15 is 0 Å². The molecule has 32 heavy (non-hydrogen) atoms. The minimum absolute atomic E-state index is 0.102. The van der Waals surface area contributed by atoms with E-state index in [0.717, 1.165) is 24.2 Å². The van der Waals surface area contributed by atoms with Crippen molar-refractivity contribution in [2.75, 3.05) is 12.9 Å². The summed E-state index contributed by atoms with van der Waals surface area (Å²) in [5, 5.41) is 9.65. The quantitative estimate of drug-likeness (QED) is 0.409. The van der Waals surface area contributed by atoms with Gasteiger partial charge in [-0.25, -0.2) is 0 Å². The number of amides is 1. The van der Waals surface area contributed by atoms with Gasteiger partial charge in [0.15, 0.2) is 11.0 Å². The van der Waals surface area contributed by atoms with Crippen molar-refractivity contribution in [2.24, 2.45) is 7.05 Å². The predicted molar refractivity (Wildman–Crippen MR) is 124 cm³/mol. The summed E-state index contributed by atoms with van der Waals surface area (Å²) in [6, 6.07) is 15.5. The number of aromatic nitrogens is 3. The Labute approximate surface area is 196 Å². The molecule has 0 atom stereocenters. The van der Waals surface area contributed by atoms with Crippen molar-refractivity contribution in [2.45, 2.75) is 37.2 Å². The van der Waals surface area contributed by atoms with Crippen LogP contribution in [0.1, 0.15) is 24.2 Å². The highest BCUT2D eigenvalue weighted by atomic mass is 35.5. The molecular formula is C23H25ClN4O3S. The summed E-state index contributed by atoms with van der Waals surface area (Å²) in [5.41, 5.74) is 1.09. The first-order chi connectivity index (χ1) is 15.5. The normalized spacial score (nSPS) is 13.1. The second-order valence-corrected chi connectivity index (χ2v) is 8.92. The number of para-hydroxylation sites is 1. The molecule has 1 saturated carbocycles. The van der Waals surface area contributed by atoms with Crippen molar-refractivity contribution in [3.63, 3.8) is 0 Å². The molecule has 0 saturated heterocycles. The molecule has 4 rings (SSSR count). The molecule has 168 valence electrons. The van der Waals surface area contributed by atoms with Gasteiger partial charge < -0.3 is 18.9 Å². The Balaban J connectivity index is 1.33. The smallest absolute Gasteiger partial charge is 0.233 e. The minimum Gasteiger partial charge on any atom is -0.497 e. The van der Waals surface area contributed by atoms with E-state index in [1.54, 1.807) is 13.2 Å². The topological polar surface area (TPSA) is 69.5 Å². The first-order valence-electron chi connectivity index (χ1n) is 10.4. The van der Waals surface area contributed by atoms with Gasteiger partial charge in [0.2, 0.25) is 5.91 Å². The van der Waals surface area contributed by atoms with Crippen LogP contribution < -0.4 is 9.47 Å². The van der Waals surface area contributed by atoms with E-state index < -0.39 is 0 Å². The number of methoxy groups -OCH3 is 1. The maximum atomic E-state index is 13.0. The average molecular weight is 473 g/mol. The number of hydrogen-bond donors (Lipinski definition) is 0. The van der Waals surface area contributed by atoms with Gasteiger partial charge in [-0.2, -0.15) is 0 Å². The number of carbonyl (C=O) groups excluding carboxylic acids is 1. The van der Waals surface area contributed by atoms with E-state index in [4.69, 9.17) is 21.1 Å². The second-order valence-electron chi connectivity index (χ2n) is 7.57. The molecule has 1 amide bonds. The first-order valence-corrected chi connectivity index (χ1v) is 11.7. The number of nitrogens with zero attached hydrogens (tertiary/aromatic N) is 4. The Morgan fingerprint density at radius 3 is 2.62 bits per heavy atom. The fourth-order valence-corrected chi connectivity index (χ4v) is 4.25. The molecule has 0 spiro atoms. The van der Waals surface area contributed by atoms with Crippen molar-refractivity contribution in [1.82, 2.24) is 19.7 Å². The van der Waals surface area contributed by atoms with E-state index in [0.29, 0.717) is 40.1 Å². The van der Waals surface area contributed by atoms with Gasteiger partial charge in [-0.3, -0.25) is 4.79 Å². The molecule has 0 N–H and O–H groups in total. The van der Waals surface area contributed by atoms with E-state index in [1.807, 2.05) is 59.0 Å². The lowest BCUT2D eigenvalue weighted by atomic mass is 10.2. The van der Waals surface area contributed by atoms with Gasteiger partial charge in [0.05, 0.1) is 17.9 Å². The van der Waals surface area contributed by atoms with Crippen LogP contribution in [0.15, 0.2) is 53.7 Å². The molecule has 1 fully saturated rings. The highest BCUT2D eigenvalue weighted by molar-refractivity contribution is 7.99. The molecule has 0 bridgehead atoms. The Bertz CT molecular complexity index is 1070. The molecule has 1 heterocycles. The number of carbonyl (C=O) groups is 1. The molecular weight excluding hydrogens is 448 g/mol. The molecule has 7 nitrogen and oxygen atoms in total. The Kier molecular flexibility index (Phi) is 7.22. The van der Waals surface area contributed by atoms with Gasteiger partial charge >= 0.3 is 0 Å². The van der Waals surface area contributed by atoms with Crippen LogP contribution in [-0.2, 0) is 25.0 Å². The van der Waals surface area contributed by atoms with Crippen LogP contribution in [-0.4, -0.2) is 44.5 Å². The third kappa shape index (κ3) is 5.55. The van der Waals surface area contributed by atoms with Gasteiger partial charge in [0.25, 0.3) is 0 Å². The lowest BCUT2D eigenvalue weighted by Crippen LogP contribution is -2.34. The van der Waals surface area contributed by atoms with Crippen LogP contribution in [0.25, 0.3) is 0 Å². The fraction of sp³-hybridized carbons (Fsp3) is 0.348. The van der Waals surface area contributed by atoms with Crippen molar-refractivity contribution in [1.29, 1.82) is 0 Å². The molecule has 0 radical (unpaired) electrons. The Morgan fingerprint density at radius 1 is 1.19 bits per heavy atom. The number of halogens is 1. The van der Waals surface area contributed by atoms with Gasteiger partial charge in [0, 0.05) is 19.6 Å². The number of hydrogen-bond acceptors (Lipinski definition) is 6. The fourth-order valence-electron chi connectivity index (χ4n) is 3.24. The minimum atomic E-state index is 0.102. The molecule has 2 aromatic carbocycles. The largest absolute Gasteiger partial charge is 0.497 e. The van der Waals surface area contributed by atoms with Gasteiger partial charge in [0.1, 0.15) is 18.1 Å². The molecule has 3 aromatic rings. The SMILES string of the molecule is COc1ccc(CN(C(=O)CSc2nnc(COc3ccccc3Cl)n2C)C2CC2)cc1. The average Bonchev–Trinajstić information content (AvgIpc) is 3.59. The standard InChI is InChI=1S/C23H25ClN4O3S/c1-27-21(14-31-20-6-4-3-5-19(20)24)25-26-23(27)32-15-22(29)28(17-9-10-17)13-16-7-11-18(30-2)12-8-16/h3-8,11-12,17H,9-10,13-15H2,1-2H3. The van der Waals surface area contributed by atoms with Crippen molar-refractivity contribution < 1.29 is 14.3 Å². The zero-order valence-corrected chi connectivity index (χ0v) is 19.6. The van der Waals surface area contributed by atoms with Crippen LogP contribution in [0.5, 0.6) is 11.5 Å². The van der Waals surface area contributed by atoms with Gasteiger partial charge in [-0.05, 0) is 42.7 Å². The highest BCUT2D eigenvalue weighted by Gasteiger charge is 2.32. The van der Waals surface area contributed by atoms with Gasteiger partial charge in [-0.1, -0.05) is 47.6 Å². The summed E-state index contributed by atoms with van der Waals surface area (Å²) < 4.78 is 12.8. The lowest BCUT2D eigenvalue weighted by molar-refractivity contribution is -0.129. The van der Waals surface area contributed by atoms with Crippen molar-refractivity contribution in [3.8, 4) is 11.5 Å². The summed E-state index contributed by atoms with van der Waals surface area (Å²) in [7, 11) is 3.52. The third-order valence-corrected chi connectivity index (χ3v) is 6.58. The summed E-state index contributed by atoms with van der Waals surface area (Å²) in [6.07, 6.45) is 2.11. The summed E-state index contributed by atoms with van der Waals surface area (Å²) in [5.74, 6) is 2.48. The van der Waals surface area contributed by atoms with E-state index in [-0.39, 0.29) is 12.5 Å². The van der Waals surface area contributed by atoms with Crippen LogP contribution in [0.4, 0.5) is 0 Å². The van der Waals surface area contributed by atoms with Gasteiger partial charge in [-0.15, -0.1) is 10.2 Å². The lowest BCUT2D eigenvalue weighted by Gasteiger charge is -2.22. The molecule has 9 heteroatoms. The summed E-state index contributed by atoms with van der Waals surface area (Å²) in [4.78, 5) is 14.9. The van der Waals surface area contributed by atoms with Crippen molar-refractivity contribution in [3.05, 3.63) is 64.9 Å². The van der Waals surface area contributed by atoms with E-state index in [2.05, 4.69) is 10.2 Å². The summed E-state index contributed by atoms with van der Waals surface area (Å²) >= 11 is 7.52. The van der Waals surface area contributed by atoms with Crippen LogP contribution >= 0.6 is 23.4 Å². The molecule has 1 aliphatic rings. The van der Waals surface area contributed by atoms with Crippen LogP contribution in [0.2, 0.25) is 5.02 Å². The number of ether oxygens (including phenoxy) is 2. The van der Waals surface area contributed by atoms with Crippen LogP contribution in [0, 0.1) is 0 Å². The maximum absolute atomic E-state index is 13.0. The highest BCUT2D eigenvalue weighted by Crippen LogP contribution is 2.30. The Hall–Kier alpha value is -2.71. The monoisotopic (exact) mass is 472 g/mol. The van der Waals surface area contributed by atoms with Crippen molar-refractivity contribution >= 4 is 29.3 Å². The number of rotatable bonds is 10. The van der Waals surface area contributed by atoms with Crippen LogP contribution in [0.3, 0.4) is 0 Å². The van der Waals surface area contributed by atoms with E-state index in [1.165, 1.54) is 11.8 Å². The summed E-state index contributed by atoms with van der Waals surface area (Å²) in [6.45, 7) is 0.844. The first kappa shape index (κ1) is 22.5. The predicted octanol–water partition coefficient (Wildman–Crippen LogP) is 4.34. The zero-order chi connectivity index (χ0) is 22.5. The Morgan fingerprint density at radius 2 is 1.94 bits per heavy atom. The second kappa shape index (κ2) is 10.3. The third-order valence-electron chi connectivity index (χ3n) is 5.26. The molecule has 0 unspecified atom stereocenters. The molecule has 0 aliphatic heterocycles. The molecule has 1 aromatic heterocycles. The zero-order valence-electron chi connectivity index (χ0n) is 18.0.